The summed E-state index contributed by atoms with van der Waals surface area (Å²) in [6.45, 7) is 6.88. The monoisotopic (exact) mass is 399 g/mol. The SMILES string of the molecule is Cc1cc(Nc2cc(-c3ccccc3)nc(N(Cc3ccccc3)C(C)C)n2)no1. The van der Waals surface area contributed by atoms with Gasteiger partial charge in [-0.05, 0) is 26.3 Å². The highest BCUT2D eigenvalue weighted by molar-refractivity contribution is 5.66. The van der Waals surface area contributed by atoms with E-state index in [1.165, 1.54) is 5.56 Å². The molecule has 0 bridgehead atoms. The zero-order valence-electron chi connectivity index (χ0n) is 17.4. The molecule has 0 radical (unpaired) electrons. The number of nitrogens with zero attached hydrogens (tertiary/aromatic N) is 4. The maximum atomic E-state index is 5.18. The molecule has 0 unspecified atom stereocenters. The number of aromatic nitrogens is 3. The molecule has 2 aromatic heterocycles. The Kier molecular flexibility index (Phi) is 5.75. The largest absolute Gasteiger partial charge is 0.360 e. The van der Waals surface area contributed by atoms with E-state index in [-0.39, 0.29) is 6.04 Å². The van der Waals surface area contributed by atoms with Gasteiger partial charge in [0, 0.05) is 30.3 Å². The van der Waals surface area contributed by atoms with Crippen molar-refractivity contribution >= 4 is 17.6 Å². The van der Waals surface area contributed by atoms with Crippen molar-refractivity contribution < 1.29 is 4.52 Å². The van der Waals surface area contributed by atoms with Gasteiger partial charge in [0.05, 0.1) is 5.69 Å². The second-order valence-electron chi connectivity index (χ2n) is 7.46. The topological polar surface area (TPSA) is 67.1 Å². The van der Waals surface area contributed by atoms with E-state index >= 15 is 0 Å². The molecule has 0 amide bonds. The maximum Gasteiger partial charge on any atom is 0.228 e. The lowest BCUT2D eigenvalue weighted by atomic mass is 10.1. The van der Waals surface area contributed by atoms with Gasteiger partial charge in [-0.25, -0.2) is 4.98 Å². The van der Waals surface area contributed by atoms with E-state index < -0.39 is 0 Å². The molecule has 0 aliphatic rings. The molecule has 4 aromatic rings. The van der Waals surface area contributed by atoms with E-state index in [4.69, 9.17) is 14.5 Å². The average molecular weight is 399 g/mol. The van der Waals surface area contributed by atoms with E-state index in [0.29, 0.717) is 17.6 Å². The highest BCUT2D eigenvalue weighted by atomic mass is 16.5. The fraction of sp³-hybridized carbons (Fsp3) is 0.208. The predicted octanol–water partition coefficient (Wildman–Crippen LogP) is 5.60. The minimum Gasteiger partial charge on any atom is -0.360 e. The van der Waals surface area contributed by atoms with Crippen LogP contribution < -0.4 is 10.2 Å². The Bertz CT molecular complexity index is 1090. The van der Waals surface area contributed by atoms with Gasteiger partial charge in [-0.1, -0.05) is 65.8 Å². The molecule has 0 saturated carbocycles. The van der Waals surface area contributed by atoms with Crippen LogP contribution in [0.4, 0.5) is 17.6 Å². The van der Waals surface area contributed by atoms with Gasteiger partial charge in [0.25, 0.3) is 0 Å². The molecule has 6 heteroatoms. The van der Waals surface area contributed by atoms with Gasteiger partial charge in [0.2, 0.25) is 5.95 Å². The summed E-state index contributed by atoms with van der Waals surface area (Å²) >= 11 is 0. The van der Waals surface area contributed by atoms with Crippen LogP contribution in [0, 0.1) is 6.92 Å². The van der Waals surface area contributed by atoms with Crippen LogP contribution in [0.2, 0.25) is 0 Å². The van der Waals surface area contributed by atoms with Crippen molar-refractivity contribution in [2.24, 2.45) is 0 Å². The number of anilines is 3. The molecule has 0 aliphatic heterocycles. The molecule has 2 aromatic carbocycles. The highest BCUT2D eigenvalue weighted by Gasteiger charge is 2.17. The summed E-state index contributed by atoms with van der Waals surface area (Å²) < 4.78 is 5.18. The van der Waals surface area contributed by atoms with Gasteiger partial charge in [-0.3, -0.25) is 0 Å². The summed E-state index contributed by atoms with van der Waals surface area (Å²) in [7, 11) is 0. The first-order chi connectivity index (χ1) is 14.6. The molecule has 2 heterocycles. The highest BCUT2D eigenvalue weighted by Crippen LogP contribution is 2.26. The molecular formula is C24H25N5O. The quantitative estimate of drug-likeness (QED) is 0.436. The van der Waals surface area contributed by atoms with Crippen LogP contribution in [0.5, 0.6) is 0 Å². The van der Waals surface area contributed by atoms with Crippen LogP contribution in [0.1, 0.15) is 25.2 Å². The van der Waals surface area contributed by atoms with Crippen LogP contribution in [0.25, 0.3) is 11.3 Å². The number of hydrogen-bond acceptors (Lipinski definition) is 6. The van der Waals surface area contributed by atoms with E-state index in [9.17, 15) is 0 Å². The first-order valence-electron chi connectivity index (χ1n) is 10.0. The second kappa shape index (κ2) is 8.78. The lowest BCUT2D eigenvalue weighted by Crippen LogP contribution is -2.32. The van der Waals surface area contributed by atoms with Gasteiger partial charge >= 0.3 is 0 Å². The minimum absolute atomic E-state index is 0.221. The Morgan fingerprint density at radius 3 is 2.23 bits per heavy atom. The Labute approximate surface area is 176 Å². The third-order valence-corrected chi connectivity index (χ3v) is 4.74. The molecule has 0 aliphatic carbocycles. The molecule has 152 valence electrons. The molecule has 0 saturated heterocycles. The van der Waals surface area contributed by atoms with Gasteiger partial charge < -0.3 is 14.7 Å². The Morgan fingerprint density at radius 1 is 0.900 bits per heavy atom. The third-order valence-electron chi connectivity index (χ3n) is 4.74. The molecule has 0 fully saturated rings. The number of nitrogens with one attached hydrogen (secondary N) is 1. The fourth-order valence-corrected chi connectivity index (χ4v) is 3.20. The first kappa shape index (κ1) is 19.6. The molecule has 4 rings (SSSR count). The predicted molar refractivity (Wildman–Crippen MR) is 120 cm³/mol. The minimum atomic E-state index is 0.221. The van der Waals surface area contributed by atoms with E-state index in [1.807, 2.05) is 55.5 Å². The number of aryl methyl sites for hydroxylation is 1. The van der Waals surface area contributed by atoms with Crippen molar-refractivity contribution in [2.75, 3.05) is 10.2 Å². The van der Waals surface area contributed by atoms with Gasteiger partial charge in [-0.2, -0.15) is 4.98 Å². The normalized spacial score (nSPS) is 10.9. The lowest BCUT2D eigenvalue weighted by molar-refractivity contribution is 0.400. The van der Waals surface area contributed by atoms with Crippen LogP contribution in [0.15, 0.2) is 77.3 Å². The van der Waals surface area contributed by atoms with Crippen molar-refractivity contribution in [3.05, 3.63) is 84.1 Å². The molecule has 6 nitrogen and oxygen atoms in total. The van der Waals surface area contributed by atoms with Crippen LogP contribution in [-0.4, -0.2) is 21.2 Å². The van der Waals surface area contributed by atoms with E-state index in [0.717, 1.165) is 23.6 Å². The van der Waals surface area contributed by atoms with Crippen molar-refractivity contribution in [2.45, 2.75) is 33.4 Å². The van der Waals surface area contributed by atoms with Gasteiger partial charge in [0.1, 0.15) is 11.6 Å². The summed E-state index contributed by atoms with van der Waals surface area (Å²) in [5.41, 5.74) is 3.09. The van der Waals surface area contributed by atoms with Crippen molar-refractivity contribution in [3.63, 3.8) is 0 Å². The zero-order valence-corrected chi connectivity index (χ0v) is 17.4. The Hall–Kier alpha value is -3.67. The summed E-state index contributed by atoms with van der Waals surface area (Å²) in [6.07, 6.45) is 0. The fourth-order valence-electron chi connectivity index (χ4n) is 3.20. The molecular weight excluding hydrogens is 374 g/mol. The van der Waals surface area contributed by atoms with Gasteiger partial charge in [-0.15, -0.1) is 0 Å². The standard InChI is InChI=1S/C24H25N5O/c1-17(2)29(16-19-10-6-4-7-11-19)24-25-21(20-12-8-5-9-13-20)15-22(27-24)26-23-14-18(3)30-28-23/h4-15,17H,16H2,1-3H3,(H,25,26,27,28). The molecule has 1 N–H and O–H groups in total. The first-order valence-corrected chi connectivity index (χ1v) is 10.0. The number of hydrogen-bond donors (Lipinski definition) is 1. The maximum absolute atomic E-state index is 5.18. The van der Waals surface area contributed by atoms with E-state index in [1.54, 1.807) is 0 Å². The Balaban J connectivity index is 1.75. The van der Waals surface area contributed by atoms with Gasteiger partial charge in [0.15, 0.2) is 5.82 Å². The molecule has 0 spiro atoms. The van der Waals surface area contributed by atoms with Crippen LogP contribution in [0.3, 0.4) is 0 Å². The zero-order chi connectivity index (χ0) is 20.9. The summed E-state index contributed by atoms with van der Waals surface area (Å²) in [5.74, 6) is 2.70. The summed E-state index contributed by atoms with van der Waals surface area (Å²) in [4.78, 5) is 11.9. The third kappa shape index (κ3) is 4.66. The lowest BCUT2D eigenvalue weighted by Gasteiger charge is -2.27. The number of rotatable bonds is 7. The van der Waals surface area contributed by atoms with Crippen LogP contribution >= 0.6 is 0 Å². The number of benzene rings is 2. The van der Waals surface area contributed by atoms with Crippen molar-refractivity contribution in [1.29, 1.82) is 0 Å². The second-order valence-corrected chi connectivity index (χ2v) is 7.46. The van der Waals surface area contributed by atoms with Crippen molar-refractivity contribution in [1.82, 2.24) is 15.1 Å². The van der Waals surface area contributed by atoms with Crippen LogP contribution in [-0.2, 0) is 6.54 Å². The van der Waals surface area contributed by atoms with Crippen molar-refractivity contribution in [3.8, 4) is 11.3 Å². The smallest absolute Gasteiger partial charge is 0.228 e. The molecule has 0 atom stereocenters. The summed E-state index contributed by atoms with van der Waals surface area (Å²) in [5, 5.41) is 7.28. The molecule has 30 heavy (non-hydrogen) atoms. The Morgan fingerprint density at radius 2 is 1.60 bits per heavy atom. The van der Waals surface area contributed by atoms with E-state index in [2.05, 4.69) is 53.5 Å². The average Bonchev–Trinajstić information content (AvgIpc) is 3.17. The summed E-state index contributed by atoms with van der Waals surface area (Å²) in [6, 6.07) is 24.5.